The van der Waals surface area contributed by atoms with Crippen LogP contribution in [0.1, 0.15) is 142 Å². The third-order valence-electron chi connectivity index (χ3n) is 18.8. The predicted octanol–water partition coefficient (Wildman–Crippen LogP) is 12.0. The molecular formula is C81H106N4O21. The van der Waals surface area contributed by atoms with E-state index in [9.17, 15) is 28.8 Å². The number of nitrogens with one attached hydrogen (secondary N) is 1. The van der Waals surface area contributed by atoms with Gasteiger partial charge in [0.2, 0.25) is 23.3 Å². The zero-order valence-electron chi connectivity index (χ0n) is 63.7. The summed E-state index contributed by atoms with van der Waals surface area (Å²) in [6.45, 7) is 5.46. The van der Waals surface area contributed by atoms with Crippen LogP contribution in [0, 0.1) is 0 Å². The van der Waals surface area contributed by atoms with Crippen molar-refractivity contribution in [3.63, 3.8) is 0 Å². The fourth-order valence-corrected chi connectivity index (χ4v) is 13.3. The average Bonchev–Trinajstić information content (AvgIpc) is 0.797. The van der Waals surface area contributed by atoms with E-state index in [-0.39, 0.29) is 24.3 Å². The molecule has 2 fully saturated rings. The Hall–Kier alpha value is -10.3. The van der Waals surface area contributed by atoms with E-state index in [4.69, 9.17) is 71.4 Å². The smallest absolute Gasteiger partial charge is 0.341 e. The number of aliphatic carboxylic acids is 1. The van der Waals surface area contributed by atoms with Crippen molar-refractivity contribution in [1.82, 2.24) is 20.0 Å². The van der Waals surface area contributed by atoms with E-state index in [1.165, 1.54) is 42.7 Å². The Morgan fingerprint density at radius 2 is 0.868 bits per heavy atom. The third kappa shape index (κ3) is 22.6. The highest BCUT2D eigenvalue weighted by Crippen LogP contribution is 2.44. The lowest BCUT2D eigenvalue weighted by Gasteiger charge is -2.37. The van der Waals surface area contributed by atoms with Gasteiger partial charge in [-0.1, -0.05) is 50.2 Å². The number of likely N-dealkylation sites (tertiary alicyclic amines) is 2. The van der Waals surface area contributed by atoms with Gasteiger partial charge < -0.3 is 91.4 Å². The second-order valence-corrected chi connectivity index (χ2v) is 25.9. The molecule has 2 saturated heterocycles. The molecule has 3 amide bonds. The van der Waals surface area contributed by atoms with Crippen LogP contribution in [0.3, 0.4) is 0 Å². The summed E-state index contributed by atoms with van der Waals surface area (Å²) in [5.74, 6) is 2.07. The van der Waals surface area contributed by atoms with Gasteiger partial charge in [0.05, 0.1) is 82.9 Å². The molecule has 6 aromatic rings. The van der Waals surface area contributed by atoms with Crippen molar-refractivity contribution in [3.05, 3.63) is 143 Å². The minimum atomic E-state index is -1.11. The Balaban J connectivity index is 0.000000298. The van der Waals surface area contributed by atoms with Gasteiger partial charge in [0.15, 0.2) is 59.2 Å². The molecule has 6 atom stereocenters. The van der Waals surface area contributed by atoms with E-state index < -0.39 is 60.6 Å². The first kappa shape index (κ1) is 83.0. The zero-order valence-corrected chi connectivity index (χ0v) is 63.7. The normalized spacial score (nSPS) is 15.2. The maximum Gasteiger partial charge on any atom is 0.341 e. The number of hydrogen-bond acceptors (Lipinski definition) is 21. The molecule has 0 aromatic heterocycles. The molecule has 0 aliphatic carbocycles. The molecule has 2 aliphatic rings. The molecule has 0 spiro atoms. The van der Waals surface area contributed by atoms with Crippen molar-refractivity contribution < 1.29 is 100 Å². The number of carboxylic acid groups (broad SMARTS) is 1. The largest absolute Gasteiger partial charge is 0.493 e. The van der Waals surface area contributed by atoms with Crippen LogP contribution in [0.4, 0.5) is 0 Å². The fraction of sp³-hybridized carbons (Fsp3) is 0.481. The standard InChI is InChI=1S/C43H59N3O10.C38H47NO11/c1-9-33(31-26-38(52-6)41(54-8)39(27-31)53-7)42(48)46-23-11-10-16-34(46)43(49)56-35(19-17-29-18-20-36(50-4)37(24-29)51-5)30-14-12-15-32(25-30)55-28-40(47)44-21-13-22-45(2)3;1-7-28(26-21-33(46-4)36(48-6)34(22-26)47-5)37(42)39-18-9-8-13-29(39)38(43)50-30(25-11-10-12-27(20-25)49-23-35(40)41)16-14-24-15-17-31(44-2)32(19-24)45-3/h12,14-15,18,20,24-27,33-35H,9-11,13,16-17,19,21-23,28H2,1-8H3,(H,44,47);10-12,15,17,19-22,28-30H,7-9,13-14,16,18,23H2,1-6H3,(H,40,41)/t33-,34-,35?;28-,29-,30?/m00/s1. The van der Waals surface area contributed by atoms with Crippen LogP contribution in [0.15, 0.2) is 109 Å². The summed E-state index contributed by atoms with van der Waals surface area (Å²) in [4.78, 5) is 86.1. The van der Waals surface area contributed by atoms with Gasteiger partial charge in [0.25, 0.3) is 5.91 Å². The summed E-state index contributed by atoms with van der Waals surface area (Å²) >= 11 is 0. The van der Waals surface area contributed by atoms with Crippen LogP contribution in [0.5, 0.6) is 69.0 Å². The van der Waals surface area contributed by atoms with Gasteiger partial charge in [-0.25, -0.2) is 14.4 Å². The number of methoxy groups -OCH3 is 10. The Labute approximate surface area is 622 Å². The molecule has 25 heteroatoms. The van der Waals surface area contributed by atoms with Crippen LogP contribution in [0.2, 0.25) is 0 Å². The molecule has 0 radical (unpaired) electrons. The Kier molecular flexibility index (Phi) is 32.9. The Morgan fingerprint density at radius 1 is 0.472 bits per heavy atom. The van der Waals surface area contributed by atoms with Crippen molar-refractivity contribution in [2.45, 2.75) is 133 Å². The Morgan fingerprint density at radius 3 is 1.23 bits per heavy atom. The molecule has 6 aromatic carbocycles. The highest BCUT2D eigenvalue weighted by Gasteiger charge is 2.40. The average molecular weight is 1470 g/mol. The summed E-state index contributed by atoms with van der Waals surface area (Å²) in [6.07, 6.45) is 6.29. The highest BCUT2D eigenvalue weighted by molar-refractivity contribution is 5.90. The number of rotatable bonds is 38. The molecule has 2 N–H and O–H groups in total. The van der Waals surface area contributed by atoms with Gasteiger partial charge in [0, 0.05) is 19.6 Å². The van der Waals surface area contributed by atoms with Crippen molar-refractivity contribution in [2.75, 3.05) is 125 Å². The summed E-state index contributed by atoms with van der Waals surface area (Å²) in [6, 6.07) is 31.0. The monoisotopic (exact) mass is 1470 g/mol. The van der Waals surface area contributed by atoms with E-state index in [0.717, 1.165) is 49.8 Å². The van der Waals surface area contributed by atoms with Gasteiger partial charge in [-0.15, -0.1) is 0 Å². The quantitative estimate of drug-likeness (QED) is 0.0269. The van der Waals surface area contributed by atoms with E-state index in [2.05, 4.69) is 10.2 Å². The lowest BCUT2D eigenvalue weighted by molar-refractivity contribution is -0.162. The topological polar surface area (TPSA) is 274 Å². The van der Waals surface area contributed by atoms with E-state index in [1.54, 1.807) is 92.8 Å². The maximum absolute atomic E-state index is 14.4. The van der Waals surface area contributed by atoms with Crippen LogP contribution in [0.25, 0.3) is 0 Å². The number of aryl methyl sites for hydroxylation is 2. The molecule has 0 bridgehead atoms. The number of carbonyl (C=O) groups is 6. The molecule has 0 saturated carbocycles. The van der Waals surface area contributed by atoms with Gasteiger partial charge in [-0.05, 0) is 210 Å². The second kappa shape index (κ2) is 42.0. The lowest BCUT2D eigenvalue weighted by Crippen LogP contribution is -2.50. The fourth-order valence-electron chi connectivity index (χ4n) is 13.3. The number of carboxylic acids is 1. The molecule has 2 heterocycles. The van der Waals surface area contributed by atoms with Gasteiger partial charge in [0.1, 0.15) is 35.8 Å². The predicted molar refractivity (Wildman–Crippen MR) is 398 cm³/mol. The maximum atomic E-state index is 14.4. The summed E-state index contributed by atoms with van der Waals surface area (Å²) < 4.78 is 79.0. The molecule has 8 rings (SSSR count). The van der Waals surface area contributed by atoms with Crippen molar-refractivity contribution >= 4 is 35.6 Å². The lowest BCUT2D eigenvalue weighted by atomic mass is 9.91. The molecule has 576 valence electrons. The second-order valence-electron chi connectivity index (χ2n) is 25.9. The summed E-state index contributed by atoms with van der Waals surface area (Å²) in [5, 5.41) is 12.0. The number of ether oxygens (including phenoxy) is 14. The third-order valence-corrected chi connectivity index (χ3v) is 18.8. The minimum Gasteiger partial charge on any atom is -0.493 e. The van der Waals surface area contributed by atoms with Crippen LogP contribution >= 0.6 is 0 Å². The van der Waals surface area contributed by atoms with Gasteiger partial charge >= 0.3 is 17.9 Å². The van der Waals surface area contributed by atoms with Crippen molar-refractivity contribution in [2.24, 2.45) is 0 Å². The molecule has 106 heavy (non-hydrogen) atoms. The van der Waals surface area contributed by atoms with Crippen LogP contribution in [-0.2, 0) is 51.1 Å². The first-order valence-corrected chi connectivity index (χ1v) is 35.9. The highest BCUT2D eigenvalue weighted by atomic mass is 16.6. The van der Waals surface area contributed by atoms with Crippen molar-refractivity contribution in [3.8, 4) is 69.0 Å². The van der Waals surface area contributed by atoms with E-state index in [1.807, 2.05) is 82.5 Å². The molecule has 2 aliphatic heterocycles. The van der Waals surface area contributed by atoms with Crippen LogP contribution in [-0.4, -0.2) is 192 Å². The van der Waals surface area contributed by atoms with E-state index >= 15 is 0 Å². The number of hydrogen-bond donors (Lipinski definition) is 2. The first-order valence-electron chi connectivity index (χ1n) is 35.9. The molecule has 2 unspecified atom stereocenters. The number of amides is 3. The number of esters is 2. The van der Waals surface area contributed by atoms with E-state index in [0.29, 0.717) is 162 Å². The zero-order chi connectivity index (χ0) is 76.8. The number of piperidine rings is 2. The Bertz CT molecular complexity index is 3810. The number of nitrogens with zero attached hydrogens (tertiary/aromatic N) is 3. The molecular weight excluding hydrogens is 1360 g/mol. The number of benzene rings is 6. The van der Waals surface area contributed by atoms with Crippen molar-refractivity contribution in [1.29, 1.82) is 0 Å². The summed E-state index contributed by atoms with van der Waals surface area (Å²) in [7, 11) is 19.5. The number of carbonyl (C=O) groups excluding carboxylic acids is 5. The van der Waals surface area contributed by atoms with Crippen LogP contribution < -0.4 is 62.2 Å². The van der Waals surface area contributed by atoms with Gasteiger partial charge in [-0.2, -0.15) is 0 Å². The molecule has 25 nitrogen and oxygen atoms in total. The summed E-state index contributed by atoms with van der Waals surface area (Å²) in [5.41, 5.74) is 4.65. The SMILES string of the molecule is CC[C@H](C(=O)N1CCCC[C@H]1C(=O)OC(CCc1ccc(OC)c(OC)c1)c1cccc(OCC(=O)NCCCN(C)C)c1)c1cc(OC)c(OC)c(OC)c1.CC[C@H](C(=O)N1CCCC[C@H]1C(=O)OC(CCc1ccc(OC)c(OC)c1)c1cccc(OCC(=O)O)c1)c1cc(OC)c(OC)c(OC)c1. The first-order chi connectivity index (χ1) is 51.2. The minimum absolute atomic E-state index is 0.148. The van der Waals surface area contributed by atoms with Gasteiger partial charge in [-0.3, -0.25) is 14.4 Å².